The minimum Gasteiger partial charge on any atom is -0.459 e. The van der Waals surface area contributed by atoms with Crippen LogP contribution >= 0.6 is 0 Å². The zero-order valence-electron chi connectivity index (χ0n) is 11.4. The van der Waals surface area contributed by atoms with E-state index in [4.69, 9.17) is 9.47 Å². The van der Waals surface area contributed by atoms with Crippen molar-refractivity contribution in [3.05, 3.63) is 35.4 Å². The van der Waals surface area contributed by atoms with Crippen molar-refractivity contribution in [1.82, 2.24) is 0 Å². The molecule has 4 nitrogen and oxygen atoms in total. The van der Waals surface area contributed by atoms with E-state index in [1.54, 1.807) is 24.3 Å². The Labute approximate surface area is 112 Å². The molecule has 1 atom stereocenters. The van der Waals surface area contributed by atoms with Crippen molar-refractivity contribution in [2.45, 2.75) is 45.3 Å². The van der Waals surface area contributed by atoms with Crippen LogP contribution in [0.5, 0.6) is 0 Å². The first kappa shape index (κ1) is 13.6. The summed E-state index contributed by atoms with van der Waals surface area (Å²) >= 11 is 0. The topological polar surface area (TPSA) is 52.6 Å². The number of hydrogen-bond donors (Lipinski definition) is 0. The molecule has 2 bridgehead atoms. The van der Waals surface area contributed by atoms with Gasteiger partial charge in [0.15, 0.2) is 0 Å². The van der Waals surface area contributed by atoms with Crippen molar-refractivity contribution >= 4 is 11.9 Å². The lowest BCUT2D eigenvalue weighted by molar-refractivity contribution is -0.0140. The summed E-state index contributed by atoms with van der Waals surface area (Å²) in [6.07, 6.45) is 1.09. The summed E-state index contributed by atoms with van der Waals surface area (Å²) in [5, 5.41) is 0. The summed E-state index contributed by atoms with van der Waals surface area (Å²) in [5.74, 6) is -0.719. The fourth-order valence-electron chi connectivity index (χ4n) is 1.96. The molecule has 0 radical (unpaired) electrons. The van der Waals surface area contributed by atoms with E-state index >= 15 is 0 Å². The van der Waals surface area contributed by atoms with Gasteiger partial charge in [-0.2, -0.15) is 0 Å². The summed E-state index contributed by atoms with van der Waals surface area (Å²) in [6.45, 7) is 5.56. The number of carbonyl (C=O) groups is 2. The summed E-state index contributed by atoms with van der Waals surface area (Å²) in [6, 6.07) is 6.34. The van der Waals surface area contributed by atoms with Crippen LogP contribution in [0.2, 0.25) is 0 Å². The molecule has 0 saturated heterocycles. The predicted molar refractivity (Wildman–Crippen MR) is 70.0 cm³/mol. The molecule has 102 valence electrons. The minimum absolute atomic E-state index is 0.204. The normalized spacial score (nSPS) is 23.0. The molecule has 3 rings (SSSR count). The Kier molecular flexibility index (Phi) is 3.60. The lowest BCUT2D eigenvalue weighted by Crippen LogP contribution is -2.30. The van der Waals surface area contributed by atoms with Crippen molar-refractivity contribution < 1.29 is 19.1 Å². The van der Waals surface area contributed by atoms with Crippen LogP contribution in [-0.4, -0.2) is 23.6 Å². The maximum atomic E-state index is 12.0. The fraction of sp³-hybridized carbons (Fsp3) is 0.467. The Morgan fingerprint density at radius 2 is 1.58 bits per heavy atom. The molecule has 0 fully saturated rings. The van der Waals surface area contributed by atoms with Crippen molar-refractivity contribution in [3.63, 3.8) is 0 Å². The number of fused-ring (bicyclic) bond motifs is 9. The highest BCUT2D eigenvalue weighted by Gasteiger charge is 2.26. The van der Waals surface area contributed by atoms with Gasteiger partial charge >= 0.3 is 11.9 Å². The molecule has 0 spiro atoms. The van der Waals surface area contributed by atoms with Gasteiger partial charge in [-0.3, -0.25) is 0 Å². The maximum absolute atomic E-state index is 12.0. The maximum Gasteiger partial charge on any atom is 0.338 e. The average Bonchev–Trinajstić information content (AvgIpc) is 2.35. The van der Waals surface area contributed by atoms with E-state index in [-0.39, 0.29) is 18.0 Å². The van der Waals surface area contributed by atoms with Crippen LogP contribution in [0.4, 0.5) is 0 Å². The minimum atomic E-state index is -0.574. The zero-order valence-corrected chi connectivity index (χ0v) is 11.4. The predicted octanol–water partition coefficient (Wildman–Crippen LogP) is 2.96. The quantitative estimate of drug-likeness (QED) is 0.674. The molecule has 19 heavy (non-hydrogen) atoms. The van der Waals surface area contributed by atoms with Crippen LogP contribution in [0.15, 0.2) is 24.3 Å². The van der Waals surface area contributed by atoms with Gasteiger partial charge < -0.3 is 9.47 Å². The van der Waals surface area contributed by atoms with Gasteiger partial charge in [-0.15, -0.1) is 0 Å². The van der Waals surface area contributed by atoms with E-state index in [9.17, 15) is 9.59 Å². The fourth-order valence-corrected chi connectivity index (χ4v) is 1.96. The number of benzene rings is 1. The summed E-state index contributed by atoms with van der Waals surface area (Å²) in [5.41, 5.74) is 0.316. The molecule has 2 aliphatic rings. The van der Waals surface area contributed by atoms with E-state index in [0.717, 1.165) is 0 Å². The molecule has 0 aromatic heterocycles. The van der Waals surface area contributed by atoms with Gasteiger partial charge in [0, 0.05) is 0 Å². The van der Waals surface area contributed by atoms with Gasteiger partial charge in [0.2, 0.25) is 0 Å². The van der Waals surface area contributed by atoms with E-state index < -0.39 is 5.60 Å². The first-order chi connectivity index (χ1) is 8.87. The summed E-state index contributed by atoms with van der Waals surface area (Å²) < 4.78 is 10.8. The second-order valence-electron chi connectivity index (χ2n) is 5.48. The first-order valence-corrected chi connectivity index (χ1v) is 6.42. The molecule has 1 unspecified atom stereocenters. The smallest absolute Gasteiger partial charge is 0.338 e. The monoisotopic (exact) mass is 262 g/mol. The lowest BCUT2D eigenvalue weighted by atomic mass is 10.00. The molecule has 1 aromatic carbocycles. The average molecular weight is 262 g/mol. The third kappa shape index (κ3) is 3.34. The Hall–Kier alpha value is -1.84. The van der Waals surface area contributed by atoms with Crippen LogP contribution in [0.25, 0.3) is 0 Å². The third-order valence-corrected chi connectivity index (χ3v) is 3.19. The first-order valence-electron chi connectivity index (χ1n) is 6.42. The van der Waals surface area contributed by atoms with Gasteiger partial charge in [0.25, 0.3) is 0 Å². The second kappa shape index (κ2) is 5.03. The number of esters is 2. The molecular weight excluding hydrogens is 244 g/mol. The van der Waals surface area contributed by atoms with E-state index in [0.29, 0.717) is 24.0 Å². The molecule has 2 aliphatic heterocycles. The van der Waals surface area contributed by atoms with E-state index in [1.807, 2.05) is 20.8 Å². The van der Waals surface area contributed by atoms with E-state index in [1.165, 1.54) is 0 Å². The van der Waals surface area contributed by atoms with Crippen molar-refractivity contribution in [2.24, 2.45) is 0 Å². The van der Waals surface area contributed by atoms with Crippen molar-refractivity contribution in [3.8, 4) is 0 Å². The van der Waals surface area contributed by atoms with Crippen LogP contribution in [0, 0.1) is 0 Å². The van der Waals surface area contributed by atoms with Gasteiger partial charge in [-0.1, -0.05) is 0 Å². The molecule has 0 saturated carbocycles. The molecular formula is C15H18O4. The molecule has 2 heterocycles. The van der Waals surface area contributed by atoms with Crippen LogP contribution in [0.3, 0.4) is 0 Å². The highest BCUT2D eigenvalue weighted by Crippen LogP contribution is 2.22. The van der Waals surface area contributed by atoms with E-state index in [2.05, 4.69) is 0 Å². The number of hydrogen-bond acceptors (Lipinski definition) is 4. The van der Waals surface area contributed by atoms with Gasteiger partial charge in [-0.25, -0.2) is 9.59 Å². The highest BCUT2D eigenvalue weighted by molar-refractivity contribution is 5.93. The second-order valence-corrected chi connectivity index (χ2v) is 5.48. The Balaban J connectivity index is 2.34. The standard InChI is InChI=1S/C15H18O4/c1-10-8-9-15(2,3)19-14(17)12-6-4-11(5-7-12)13(16)18-10/h4-7,10H,8-9H2,1-3H3. The largest absolute Gasteiger partial charge is 0.459 e. The number of ether oxygens (including phenoxy) is 2. The van der Waals surface area contributed by atoms with Crippen LogP contribution in [-0.2, 0) is 9.47 Å². The molecule has 0 aliphatic carbocycles. The molecule has 0 N–H and O–H groups in total. The van der Waals surface area contributed by atoms with Gasteiger partial charge in [-0.05, 0) is 57.9 Å². The van der Waals surface area contributed by atoms with Gasteiger partial charge in [0.1, 0.15) is 5.60 Å². The Morgan fingerprint density at radius 1 is 1.05 bits per heavy atom. The van der Waals surface area contributed by atoms with Crippen molar-refractivity contribution in [2.75, 3.05) is 0 Å². The lowest BCUT2D eigenvalue weighted by Gasteiger charge is -2.27. The van der Waals surface area contributed by atoms with Crippen LogP contribution < -0.4 is 0 Å². The molecule has 1 aromatic rings. The molecule has 4 heteroatoms. The molecule has 0 amide bonds. The van der Waals surface area contributed by atoms with Crippen LogP contribution in [0.1, 0.15) is 54.3 Å². The highest BCUT2D eigenvalue weighted by atomic mass is 16.6. The van der Waals surface area contributed by atoms with Gasteiger partial charge in [0.05, 0.1) is 17.2 Å². The number of rotatable bonds is 0. The summed E-state index contributed by atoms with van der Waals surface area (Å²) in [4.78, 5) is 23.8. The third-order valence-electron chi connectivity index (χ3n) is 3.19. The Morgan fingerprint density at radius 3 is 2.16 bits per heavy atom. The van der Waals surface area contributed by atoms with Crippen molar-refractivity contribution in [1.29, 1.82) is 0 Å². The summed E-state index contributed by atoms with van der Waals surface area (Å²) in [7, 11) is 0. The number of carbonyl (C=O) groups excluding carboxylic acids is 2. The Bertz CT molecular complexity index is 487. The SMILES string of the molecule is CC1CCC(C)(C)OC(=O)c2ccc(cc2)C(=O)O1. The zero-order chi connectivity index (χ0) is 14.0.